The van der Waals surface area contributed by atoms with E-state index in [4.69, 9.17) is 10.3 Å². The molecule has 1 aromatic carbocycles. The summed E-state index contributed by atoms with van der Waals surface area (Å²) in [6.07, 6.45) is 1.02. The van der Waals surface area contributed by atoms with E-state index in [0.29, 0.717) is 30.2 Å². The third-order valence-corrected chi connectivity index (χ3v) is 5.25. The SMILES string of the molecule is Nc1ccccc1Cc1nc(C2CCS(=O)(=O)C2)no1. The molecule has 1 fully saturated rings. The maximum absolute atomic E-state index is 11.5. The van der Waals surface area contributed by atoms with Gasteiger partial charge < -0.3 is 10.3 Å². The van der Waals surface area contributed by atoms with Gasteiger partial charge in [0, 0.05) is 11.6 Å². The van der Waals surface area contributed by atoms with Crippen LogP contribution in [0, 0.1) is 0 Å². The molecule has 1 aromatic heterocycles. The third kappa shape index (κ3) is 2.67. The maximum Gasteiger partial charge on any atom is 0.231 e. The quantitative estimate of drug-likeness (QED) is 0.852. The molecule has 0 aliphatic carbocycles. The molecule has 2 heterocycles. The minimum Gasteiger partial charge on any atom is -0.398 e. The fourth-order valence-corrected chi connectivity index (χ4v) is 4.10. The number of nitrogen functional groups attached to an aromatic ring is 1. The zero-order valence-corrected chi connectivity index (χ0v) is 11.6. The number of hydrogen-bond acceptors (Lipinski definition) is 6. The second kappa shape index (κ2) is 4.90. The van der Waals surface area contributed by atoms with Crippen molar-refractivity contribution in [1.82, 2.24) is 10.1 Å². The Morgan fingerprint density at radius 2 is 2.15 bits per heavy atom. The summed E-state index contributed by atoms with van der Waals surface area (Å²) in [4.78, 5) is 4.30. The molecule has 1 unspecified atom stereocenters. The highest BCUT2D eigenvalue weighted by molar-refractivity contribution is 7.91. The van der Waals surface area contributed by atoms with E-state index in [1.54, 1.807) is 0 Å². The number of nitrogens with two attached hydrogens (primary N) is 1. The van der Waals surface area contributed by atoms with Crippen LogP contribution in [0.4, 0.5) is 5.69 Å². The van der Waals surface area contributed by atoms with Crippen LogP contribution in [0.3, 0.4) is 0 Å². The largest absolute Gasteiger partial charge is 0.398 e. The van der Waals surface area contributed by atoms with Gasteiger partial charge in [-0.05, 0) is 18.1 Å². The van der Waals surface area contributed by atoms with Crippen LogP contribution in [0.25, 0.3) is 0 Å². The lowest BCUT2D eigenvalue weighted by molar-refractivity contribution is 0.377. The summed E-state index contributed by atoms with van der Waals surface area (Å²) in [7, 11) is -2.94. The molecule has 7 heteroatoms. The van der Waals surface area contributed by atoms with Crippen molar-refractivity contribution in [3.05, 3.63) is 41.5 Å². The minimum atomic E-state index is -2.94. The lowest BCUT2D eigenvalue weighted by Gasteiger charge is -2.01. The Kier molecular flexibility index (Phi) is 3.21. The van der Waals surface area contributed by atoms with Crippen molar-refractivity contribution >= 4 is 15.5 Å². The van der Waals surface area contributed by atoms with E-state index in [1.165, 1.54) is 0 Å². The zero-order valence-electron chi connectivity index (χ0n) is 10.8. The van der Waals surface area contributed by atoms with Gasteiger partial charge in [0.15, 0.2) is 15.7 Å². The molecule has 0 bridgehead atoms. The Balaban J connectivity index is 1.76. The number of anilines is 1. The van der Waals surface area contributed by atoms with Gasteiger partial charge in [-0.15, -0.1) is 0 Å². The van der Waals surface area contributed by atoms with Crippen molar-refractivity contribution in [3.8, 4) is 0 Å². The van der Waals surface area contributed by atoms with Crippen molar-refractivity contribution in [2.24, 2.45) is 0 Å². The van der Waals surface area contributed by atoms with Crippen molar-refractivity contribution in [2.45, 2.75) is 18.8 Å². The number of hydrogen-bond donors (Lipinski definition) is 1. The van der Waals surface area contributed by atoms with Crippen LogP contribution in [0.1, 0.15) is 29.6 Å². The smallest absolute Gasteiger partial charge is 0.231 e. The first-order valence-corrected chi connectivity index (χ1v) is 8.22. The second-order valence-corrected chi connectivity index (χ2v) is 7.25. The van der Waals surface area contributed by atoms with Crippen molar-refractivity contribution in [1.29, 1.82) is 0 Å². The Labute approximate surface area is 116 Å². The van der Waals surface area contributed by atoms with Gasteiger partial charge in [0.2, 0.25) is 5.89 Å². The molecule has 1 atom stereocenters. The molecule has 3 rings (SSSR count). The normalized spacial score (nSPS) is 21.1. The summed E-state index contributed by atoms with van der Waals surface area (Å²) in [6.45, 7) is 0. The lowest BCUT2D eigenvalue weighted by atomic mass is 10.1. The molecular weight excluding hydrogens is 278 g/mol. The highest BCUT2D eigenvalue weighted by atomic mass is 32.2. The topological polar surface area (TPSA) is 99.1 Å². The summed E-state index contributed by atoms with van der Waals surface area (Å²) >= 11 is 0. The molecule has 20 heavy (non-hydrogen) atoms. The molecule has 6 nitrogen and oxygen atoms in total. The van der Waals surface area contributed by atoms with Gasteiger partial charge in [0.05, 0.1) is 17.9 Å². The van der Waals surface area contributed by atoms with Gasteiger partial charge in [-0.3, -0.25) is 0 Å². The number of aromatic nitrogens is 2. The highest BCUT2D eigenvalue weighted by Gasteiger charge is 2.32. The molecule has 2 N–H and O–H groups in total. The van der Waals surface area contributed by atoms with E-state index in [1.807, 2.05) is 24.3 Å². The molecule has 0 amide bonds. The fourth-order valence-electron chi connectivity index (χ4n) is 2.36. The molecule has 106 valence electrons. The molecule has 0 spiro atoms. The van der Waals surface area contributed by atoms with Gasteiger partial charge in [0.1, 0.15) is 0 Å². The number of benzene rings is 1. The van der Waals surface area contributed by atoms with Crippen LogP contribution >= 0.6 is 0 Å². The van der Waals surface area contributed by atoms with E-state index in [0.717, 1.165) is 5.56 Å². The molecule has 2 aromatic rings. The van der Waals surface area contributed by atoms with Crippen LogP contribution in [-0.4, -0.2) is 30.1 Å². The molecule has 0 radical (unpaired) electrons. The van der Waals surface area contributed by atoms with E-state index >= 15 is 0 Å². The molecular formula is C13H15N3O3S. The summed E-state index contributed by atoms with van der Waals surface area (Å²) < 4.78 is 28.1. The standard InChI is InChI=1S/C13H15N3O3S/c14-11-4-2-1-3-9(11)7-12-15-13(16-19-12)10-5-6-20(17,18)8-10/h1-4,10H,5-8,14H2. The molecule has 0 saturated carbocycles. The summed E-state index contributed by atoms with van der Waals surface area (Å²) in [6, 6.07) is 7.48. The predicted octanol–water partition coefficient (Wildman–Crippen LogP) is 1.14. The Hall–Kier alpha value is -1.89. The Bertz CT molecular complexity index is 724. The third-order valence-electron chi connectivity index (χ3n) is 3.48. The van der Waals surface area contributed by atoms with Crippen LogP contribution in [0.2, 0.25) is 0 Å². The minimum absolute atomic E-state index is 0.111. The maximum atomic E-state index is 11.5. The second-order valence-electron chi connectivity index (χ2n) is 5.02. The monoisotopic (exact) mass is 293 g/mol. The first kappa shape index (κ1) is 13.1. The Morgan fingerprint density at radius 1 is 1.35 bits per heavy atom. The van der Waals surface area contributed by atoms with Crippen LogP contribution in [-0.2, 0) is 16.3 Å². The van der Waals surface area contributed by atoms with Gasteiger partial charge in [0.25, 0.3) is 0 Å². The van der Waals surface area contributed by atoms with Gasteiger partial charge >= 0.3 is 0 Å². The van der Waals surface area contributed by atoms with E-state index < -0.39 is 9.84 Å². The van der Waals surface area contributed by atoms with Crippen molar-refractivity contribution in [2.75, 3.05) is 17.2 Å². The number of sulfone groups is 1. The summed E-state index contributed by atoms with van der Waals surface area (Å²) in [5.41, 5.74) is 7.46. The fraction of sp³-hybridized carbons (Fsp3) is 0.385. The van der Waals surface area contributed by atoms with Gasteiger partial charge in [-0.2, -0.15) is 4.98 Å². The van der Waals surface area contributed by atoms with Crippen LogP contribution in [0.5, 0.6) is 0 Å². The van der Waals surface area contributed by atoms with Gasteiger partial charge in [-0.25, -0.2) is 8.42 Å². The van der Waals surface area contributed by atoms with Gasteiger partial charge in [-0.1, -0.05) is 23.4 Å². The van der Waals surface area contributed by atoms with Crippen LogP contribution < -0.4 is 5.73 Å². The van der Waals surface area contributed by atoms with E-state index in [-0.39, 0.29) is 17.4 Å². The number of nitrogens with zero attached hydrogens (tertiary/aromatic N) is 2. The van der Waals surface area contributed by atoms with Crippen molar-refractivity contribution in [3.63, 3.8) is 0 Å². The first-order chi connectivity index (χ1) is 9.53. The zero-order chi connectivity index (χ0) is 14.2. The molecule has 1 aliphatic heterocycles. The molecule has 1 aliphatic rings. The Morgan fingerprint density at radius 3 is 2.85 bits per heavy atom. The highest BCUT2D eigenvalue weighted by Crippen LogP contribution is 2.27. The first-order valence-electron chi connectivity index (χ1n) is 6.40. The van der Waals surface area contributed by atoms with Crippen molar-refractivity contribution < 1.29 is 12.9 Å². The average molecular weight is 293 g/mol. The predicted molar refractivity (Wildman–Crippen MR) is 74.0 cm³/mol. The lowest BCUT2D eigenvalue weighted by Crippen LogP contribution is -2.05. The number of rotatable bonds is 3. The molecule has 1 saturated heterocycles. The summed E-state index contributed by atoms with van der Waals surface area (Å²) in [5, 5.41) is 3.90. The number of para-hydroxylation sites is 1. The van der Waals surface area contributed by atoms with E-state index in [9.17, 15) is 8.42 Å². The van der Waals surface area contributed by atoms with E-state index in [2.05, 4.69) is 10.1 Å². The summed E-state index contributed by atoms with van der Waals surface area (Å²) in [5.74, 6) is 1.11. The average Bonchev–Trinajstić information content (AvgIpc) is 2.99. The van der Waals surface area contributed by atoms with Crippen LogP contribution in [0.15, 0.2) is 28.8 Å².